The number of H-pyrrole nitrogens is 1. The van der Waals surface area contributed by atoms with Crippen molar-refractivity contribution in [1.29, 1.82) is 0 Å². The fourth-order valence-corrected chi connectivity index (χ4v) is 2.78. The monoisotopic (exact) mass is 276 g/mol. The van der Waals surface area contributed by atoms with Gasteiger partial charge in [-0.25, -0.2) is 0 Å². The maximum Gasteiger partial charge on any atom is 0.183 e. The van der Waals surface area contributed by atoms with Crippen molar-refractivity contribution >= 4 is 21.8 Å². The van der Waals surface area contributed by atoms with Gasteiger partial charge in [0.05, 0.1) is 11.0 Å². The number of aromatic nitrogens is 2. The Hall–Kier alpha value is -3.01. The van der Waals surface area contributed by atoms with Gasteiger partial charge in [-0.15, -0.1) is 0 Å². The SMILES string of the molecule is O=c1cc[nH]c(-n2c3ccccc3c3ccc(O)cc32)c1. The minimum absolute atomic E-state index is 0.0603. The molecule has 4 nitrogen and oxygen atoms in total. The predicted molar refractivity (Wildman–Crippen MR) is 83.1 cm³/mol. The van der Waals surface area contributed by atoms with Crippen LogP contribution in [0.4, 0.5) is 0 Å². The lowest BCUT2D eigenvalue weighted by atomic mass is 10.1. The van der Waals surface area contributed by atoms with Gasteiger partial charge in [0.2, 0.25) is 0 Å². The van der Waals surface area contributed by atoms with E-state index < -0.39 is 0 Å². The van der Waals surface area contributed by atoms with E-state index >= 15 is 0 Å². The van der Waals surface area contributed by atoms with Crippen LogP contribution >= 0.6 is 0 Å². The molecular formula is C17H12N2O2. The number of aromatic amines is 1. The van der Waals surface area contributed by atoms with Crippen LogP contribution in [0, 0.1) is 0 Å². The second-order valence-electron chi connectivity index (χ2n) is 4.96. The quantitative estimate of drug-likeness (QED) is 0.561. The number of aromatic hydroxyl groups is 1. The summed E-state index contributed by atoms with van der Waals surface area (Å²) in [7, 11) is 0. The van der Waals surface area contributed by atoms with Crippen LogP contribution in [-0.4, -0.2) is 14.7 Å². The summed E-state index contributed by atoms with van der Waals surface area (Å²) in [4.78, 5) is 14.7. The zero-order valence-corrected chi connectivity index (χ0v) is 11.1. The van der Waals surface area contributed by atoms with Crippen molar-refractivity contribution in [3.63, 3.8) is 0 Å². The van der Waals surface area contributed by atoms with Gasteiger partial charge >= 0.3 is 0 Å². The molecule has 2 heterocycles. The van der Waals surface area contributed by atoms with Crippen molar-refractivity contribution in [2.45, 2.75) is 0 Å². The molecule has 0 radical (unpaired) electrons. The summed E-state index contributed by atoms with van der Waals surface area (Å²) in [6.45, 7) is 0. The first-order chi connectivity index (χ1) is 10.2. The molecule has 0 fully saturated rings. The lowest BCUT2D eigenvalue weighted by molar-refractivity contribution is 0.476. The average molecular weight is 276 g/mol. The number of fused-ring (bicyclic) bond motifs is 3. The van der Waals surface area contributed by atoms with Crippen molar-refractivity contribution < 1.29 is 5.11 Å². The molecule has 2 aromatic heterocycles. The molecule has 0 saturated carbocycles. The molecule has 4 aromatic rings. The van der Waals surface area contributed by atoms with E-state index in [1.54, 1.807) is 24.4 Å². The highest BCUT2D eigenvalue weighted by atomic mass is 16.3. The Labute approximate surface area is 119 Å². The third-order valence-electron chi connectivity index (χ3n) is 3.66. The number of phenols is 1. The molecular weight excluding hydrogens is 264 g/mol. The zero-order valence-electron chi connectivity index (χ0n) is 11.1. The first-order valence-electron chi connectivity index (χ1n) is 6.65. The van der Waals surface area contributed by atoms with E-state index in [9.17, 15) is 9.90 Å². The molecule has 0 aliphatic heterocycles. The molecule has 0 aliphatic rings. The van der Waals surface area contributed by atoms with Gasteiger partial charge in [0.1, 0.15) is 11.6 Å². The van der Waals surface area contributed by atoms with Crippen molar-refractivity contribution in [3.05, 3.63) is 71.0 Å². The van der Waals surface area contributed by atoms with Gasteiger partial charge in [0.25, 0.3) is 0 Å². The number of phenolic OH excluding ortho intramolecular Hbond substituents is 1. The standard InChI is InChI=1S/C17H12N2O2/c20-11-5-6-14-13-3-1-2-4-15(13)19(16(14)9-11)17-10-12(21)7-8-18-17/h1-10,20H,(H,18,21). The summed E-state index contributed by atoms with van der Waals surface area (Å²) in [5.41, 5.74) is 1.79. The number of rotatable bonds is 1. The Balaban J connectivity index is 2.24. The van der Waals surface area contributed by atoms with Crippen LogP contribution in [0.15, 0.2) is 65.6 Å². The maximum atomic E-state index is 11.6. The second-order valence-corrected chi connectivity index (χ2v) is 4.96. The Bertz CT molecular complexity index is 1030. The fourth-order valence-electron chi connectivity index (χ4n) is 2.78. The summed E-state index contributed by atoms with van der Waals surface area (Å²) < 4.78 is 1.95. The third-order valence-corrected chi connectivity index (χ3v) is 3.66. The van der Waals surface area contributed by atoms with E-state index in [1.807, 2.05) is 34.9 Å². The predicted octanol–water partition coefficient (Wildman–Crippen LogP) is 3.18. The van der Waals surface area contributed by atoms with Gasteiger partial charge in [-0.05, 0) is 18.2 Å². The molecule has 102 valence electrons. The number of benzene rings is 2. The first-order valence-corrected chi connectivity index (χ1v) is 6.65. The molecule has 4 heteroatoms. The molecule has 21 heavy (non-hydrogen) atoms. The van der Waals surface area contributed by atoms with E-state index in [0.29, 0.717) is 5.82 Å². The summed E-state index contributed by atoms with van der Waals surface area (Å²) >= 11 is 0. The highest BCUT2D eigenvalue weighted by Gasteiger charge is 2.12. The number of nitrogens with one attached hydrogen (secondary N) is 1. The van der Waals surface area contributed by atoms with E-state index in [2.05, 4.69) is 4.98 Å². The molecule has 0 spiro atoms. The Morgan fingerprint density at radius 1 is 0.905 bits per heavy atom. The Morgan fingerprint density at radius 2 is 1.71 bits per heavy atom. The van der Waals surface area contributed by atoms with Gasteiger partial charge in [0, 0.05) is 35.2 Å². The van der Waals surface area contributed by atoms with Crippen molar-refractivity contribution in [2.24, 2.45) is 0 Å². The van der Waals surface area contributed by atoms with Crippen LogP contribution in [-0.2, 0) is 0 Å². The first kappa shape index (κ1) is 11.8. The van der Waals surface area contributed by atoms with Crippen LogP contribution in [0.1, 0.15) is 0 Å². The zero-order chi connectivity index (χ0) is 14.4. The smallest absolute Gasteiger partial charge is 0.183 e. The minimum Gasteiger partial charge on any atom is -0.508 e. The largest absolute Gasteiger partial charge is 0.508 e. The number of para-hydroxylation sites is 1. The summed E-state index contributed by atoms with van der Waals surface area (Å²) in [5.74, 6) is 0.879. The number of nitrogens with zero attached hydrogens (tertiary/aromatic N) is 1. The lowest BCUT2D eigenvalue weighted by Gasteiger charge is -2.06. The van der Waals surface area contributed by atoms with Gasteiger partial charge in [-0.1, -0.05) is 18.2 Å². The topological polar surface area (TPSA) is 58.0 Å². The third kappa shape index (κ3) is 1.73. The second kappa shape index (κ2) is 4.24. The maximum absolute atomic E-state index is 11.6. The van der Waals surface area contributed by atoms with Gasteiger partial charge < -0.3 is 10.1 Å². The van der Waals surface area contributed by atoms with E-state index in [-0.39, 0.29) is 11.2 Å². The van der Waals surface area contributed by atoms with Crippen LogP contribution < -0.4 is 5.43 Å². The highest BCUT2D eigenvalue weighted by Crippen LogP contribution is 2.32. The van der Waals surface area contributed by atoms with E-state index in [4.69, 9.17) is 0 Å². The van der Waals surface area contributed by atoms with E-state index in [0.717, 1.165) is 21.8 Å². The van der Waals surface area contributed by atoms with Gasteiger partial charge in [0.15, 0.2) is 5.43 Å². The minimum atomic E-state index is -0.0603. The van der Waals surface area contributed by atoms with Crippen LogP contribution in [0.3, 0.4) is 0 Å². The number of hydrogen-bond donors (Lipinski definition) is 2. The molecule has 0 aliphatic carbocycles. The fraction of sp³-hybridized carbons (Fsp3) is 0. The highest BCUT2D eigenvalue weighted by molar-refractivity contribution is 6.09. The lowest BCUT2D eigenvalue weighted by Crippen LogP contribution is -2.04. The number of hydrogen-bond acceptors (Lipinski definition) is 2. The van der Waals surface area contributed by atoms with Gasteiger partial charge in [-0.3, -0.25) is 9.36 Å². The van der Waals surface area contributed by atoms with Crippen molar-refractivity contribution in [1.82, 2.24) is 9.55 Å². The molecule has 0 amide bonds. The van der Waals surface area contributed by atoms with Crippen molar-refractivity contribution in [2.75, 3.05) is 0 Å². The van der Waals surface area contributed by atoms with E-state index in [1.165, 1.54) is 6.07 Å². The summed E-state index contributed by atoms with van der Waals surface area (Å²) in [5, 5.41) is 11.9. The Morgan fingerprint density at radius 3 is 2.57 bits per heavy atom. The Kier molecular flexibility index (Phi) is 2.38. The summed E-state index contributed by atoms with van der Waals surface area (Å²) in [6, 6.07) is 16.3. The molecule has 0 saturated heterocycles. The summed E-state index contributed by atoms with van der Waals surface area (Å²) in [6.07, 6.45) is 1.63. The molecule has 4 rings (SSSR count). The average Bonchev–Trinajstić information content (AvgIpc) is 2.80. The van der Waals surface area contributed by atoms with Crippen molar-refractivity contribution in [3.8, 4) is 11.6 Å². The molecule has 2 N–H and O–H groups in total. The normalized spacial score (nSPS) is 11.2. The number of pyridine rings is 1. The molecule has 0 atom stereocenters. The molecule has 2 aromatic carbocycles. The van der Waals surface area contributed by atoms with Crippen LogP contribution in [0.2, 0.25) is 0 Å². The van der Waals surface area contributed by atoms with Crippen LogP contribution in [0.5, 0.6) is 5.75 Å². The molecule has 0 unspecified atom stereocenters. The van der Waals surface area contributed by atoms with Gasteiger partial charge in [-0.2, -0.15) is 0 Å². The molecule has 0 bridgehead atoms. The van der Waals surface area contributed by atoms with Crippen LogP contribution in [0.25, 0.3) is 27.6 Å².